The van der Waals surface area contributed by atoms with E-state index in [9.17, 15) is 10.2 Å². The molecular weight excluding hydrogens is 216 g/mol. The van der Waals surface area contributed by atoms with Crippen LogP contribution in [0.25, 0.3) is 0 Å². The monoisotopic (exact) mass is 236 g/mol. The van der Waals surface area contributed by atoms with Crippen LogP contribution in [0.15, 0.2) is 18.3 Å². The largest absolute Gasteiger partial charge is 0.391 e. The predicted molar refractivity (Wildman–Crippen MR) is 66.9 cm³/mol. The van der Waals surface area contributed by atoms with Crippen molar-refractivity contribution in [3.63, 3.8) is 0 Å². The SMILES string of the molecule is CC[C@@H](O)c1ccc(N2CCCC(O)C2)cn1. The quantitative estimate of drug-likeness (QED) is 0.834. The molecule has 2 heterocycles. The number of pyridine rings is 1. The number of aliphatic hydroxyl groups excluding tert-OH is 2. The highest BCUT2D eigenvalue weighted by molar-refractivity contribution is 5.45. The van der Waals surface area contributed by atoms with Crippen molar-refractivity contribution in [3.8, 4) is 0 Å². The molecule has 1 aromatic heterocycles. The fourth-order valence-electron chi connectivity index (χ4n) is 2.18. The number of hydrogen-bond acceptors (Lipinski definition) is 4. The normalized spacial score (nSPS) is 22.5. The summed E-state index contributed by atoms with van der Waals surface area (Å²) in [6, 6.07) is 3.84. The van der Waals surface area contributed by atoms with Crippen molar-refractivity contribution in [2.45, 2.75) is 38.4 Å². The Balaban J connectivity index is 2.06. The molecular formula is C13H20N2O2. The minimum atomic E-state index is -0.476. The molecule has 4 nitrogen and oxygen atoms in total. The number of aromatic nitrogens is 1. The van der Waals surface area contributed by atoms with Gasteiger partial charge < -0.3 is 15.1 Å². The molecule has 2 rings (SSSR count). The van der Waals surface area contributed by atoms with Gasteiger partial charge in [0.15, 0.2) is 0 Å². The second-order valence-corrected chi connectivity index (χ2v) is 4.61. The molecule has 17 heavy (non-hydrogen) atoms. The molecule has 0 aliphatic carbocycles. The van der Waals surface area contributed by atoms with Crippen molar-refractivity contribution in [3.05, 3.63) is 24.0 Å². The Hall–Kier alpha value is -1.13. The first-order valence-electron chi connectivity index (χ1n) is 6.27. The number of piperidine rings is 1. The molecule has 0 spiro atoms. The molecule has 0 amide bonds. The number of nitrogens with zero attached hydrogens (tertiary/aromatic N) is 2. The summed E-state index contributed by atoms with van der Waals surface area (Å²) in [6.45, 7) is 3.58. The molecule has 0 saturated carbocycles. The van der Waals surface area contributed by atoms with Gasteiger partial charge in [-0.2, -0.15) is 0 Å². The van der Waals surface area contributed by atoms with E-state index in [-0.39, 0.29) is 6.10 Å². The van der Waals surface area contributed by atoms with Gasteiger partial charge in [-0.1, -0.05) is 6.92 Å². The minimum absolute atomic E-state index is 0.232. The average molecular weight is 236 g/mol. The number of rotatable bonds is 3. The van der Waals surface area contributed by atoms with Crippen LogP contribution in [0.5, 0.6) is 0 Å². The molecule has 0 radical (unpaired) electrons. The maximum absolute atomic E-state index is 9.66. The zero-order valence-electron chi connectivity index (χ0n) is 10.2. The summed E-state index contributed by atoms with van der Waals surface area (Å²) < 4.78 is 0. The van der Waals surface area contributed by atoms with Crippen molar-refractivity contribution in [1.82, 2.24) is 4.98 Å². The molecule has 1 aliphatic rings. The summed E-state index contributed by atoms with van der Waals surface area (Å²) in [6.07, 6.45) is 3.65. The summed E-state index contributed by atoms with van der Waals surface area (Å²) in [4.78, 5) is 6.42. The molecule has 0 aromatic carbocycles. The van der Waals surface area contributed by atoms with Crippen LogP contribution in [0.3, 0.4) is 0 Å². The van der Waals surface area contributed by atoms with Crippen LogP contribution in [-0.4, -0.2) is 34.4 Å². The van der Waals surface area contributed by atoms with Gasteiger partial charge >= 0.3 is 0 Å². The lowest BCUT2D eigenvalue weighted by molar-refractivity contribution is 0.154. The first-order valence-corrected chi connectivity index (χ1v) is 6.27. The van der Waals surface area contributed by atoms with Crippen LogP contribution in [-0.2, 0) is 0 Å². The van der Waals surface area contributed by atoms with Crippen molar-refractivity contribution in [2.75, 3.05) is 18.0 Å². The second kappa shape index (κ2) is 5.47. The van der Waals surface area contributed by atoms with Gasteiger partial charge in [-0.05, 0) is 31.4 Å². The molecule has 1 aromatic rings. The first kappa shape index (κ1) is 12.3. The van der Waals surface area contributed by atoms with E-state index in [4.69, 9.17) is 0 Å². The number of anilines is 1. The lowest BCUT2D eigenvalue weighted by atomic mass is 10.1. The lowest BCUT2D eigenvalue weighted by Crippen LogP contribution is -2.38. The van der Waals surface area contributed by atoms with E-state index in [0.717, 1.165) is 25.1 Å². The van der Waals surface area contributed by atoms with Crippen LogP contribution in [0.1, 0.15) is 38.0 Å². The average Bonchev–Trinajstić information content (AvgIpc) is 2.38. The van der Waals surface area contributed by atoms with Crippen LogP contribution in [0.2, 0.25) is 0 Å². The summed E-state index contributed by atoms with van der Waals surface area (Å²) in [5, 5.41) is 19.3. The summed E-state index contributed by atoms with van der Waals surface area (Å²) in [5.74, 6) is 0. The summed E-state index contributed by atoms with van der Waals surface area (Å²) in [7, 11) is 0. The van der Waals surface area contributed by atoms with Crippen molar-refractivity contribution >= 4 is 5.69 Å². The molecule has 94 valence electrons. The molecule has 1 unspecified atom stereocenters. The van der Waals surface area contributed by atoms with Gasteiger partial charge in [0.2, 0.25) is 0 Å². The predicted octanol–water partition coefficient (Wildman–Crippen LogP) is 1.49. The van der Waals surface area contributed by atoms with Gasteiger partial charge in [0.1, 0.15) is 0 Å². The van der Waals surface area contributed by atoms with E-state index in [1.807, 2.05) is 19.1 Å². The molecule has 2 atom stereocenters. The fourth-order valence-corrected chi connectivity index (χ4v) is 2.18. The van der Waals surface area contributed by atoms with Gasteiger partial charge in [-0.15, -0.1) is 0 Å². The van der Waals surface area contributed by atoms with Gasteiger partial charge in [-0.3, -0.25) is 4.98 Å². The zero-order valence-corrected chi connectivity index (χ0v) is 10.2. The fraction of sp³-hybridized carbons (Fsp3) is 0.615. The third kappa shape index (κ3) is 2.96. The van der Waals surface area contributed by atoms with E-state index >= 15 is 0 Å². The summed E-state index contributed by atoms with van der Waals surface area (Å²) >= 11 is 0. The van der Waals surface area contributed by atoms with Crippen LogP contribution >= 0.6 is 0 Å². The molecule has 4 heteroatoms. The number of aliphatic hydroxyl groups is 2. The Morgan fingerprint density at radius 2 is 2.35 bits per heavy atom. The lowest BCUT2D eigenvalue weighted by Gasteiger charge is -2.31. The second-order valence-electron chi connectivity index (χ2n) is 4.61. The highest BCUT2D eigenvalue weighted by Crippen LogP contribution is 2.21. The van der Waals surface area contributed by atoms with E-state index in [1.54, 1.807) is 6.20 Å². The molecule has 0 bridgehead atoms. The van der Waals surface area contributed by atoms with Gasteiger partial charge in [0.05, 0.1) is 29.8 Å². The third-order valence-electron chi connectivity index (χ3n) is 3.26. The maximum atomic E-state index is 9.66. The van der Waals surface area contributed by atoms with E-state index in [1.165, 1.54) is 0 Å². The summed E-state index contributed by atoms with van der Waals surface area (Å²) in [5.41, 5.74) is 1.74. The Morgan fingerprint density at radius 1 is 1.53 bits per heavy atom. The van der Waals surface area contributed by atoms with Crippen molar-refractivity contribution < 1.29 is 10.2 Å². The van der Waals surface area contributed by atoms with E-state index in [2.05, 4.69) is 9.88 Å². The first-order chi connectivity index (χ1) is 8.20. The van der Waals surface area contributed by atoms with Gasteiger partial charge in [-0.25, -0.2) is 0 Å². The van der Waals surface area contributed by atoms with E-state index < -0.39 is 6.10 Å². The van der Waals surface area contributed by atoms with Gasteiger partial charge in [0.25, 0.3) is 0 Å². The standard InChI is InChI=1S/C13H20N2O2/c1-2-13(17)12-6-5-10(8-14-12)15-7-3-4-11(16)9-15/h5-6,8,11,13,16-17H,2-4,7,9H2,1H3/t11?,13-/m1/s1. The third-order valence-corrected chi connectivity index (χ3v) is 3.26. The Labute approximate surface area is 102 Å². The zero-order chi connectivity index (χ0) is 12.3. The van der Waals surface area contributed by atoms with Crippen LogP contribution in [0, 0.1) is 0 Å². The Bertz CT molecular complexity index is 353. The Kier molecular flexibility index (Phi) is 3.97. The van der Waals surface area contributed by atoms with Crippen LogP contribution in [0.4, 0.5) is 5.69 Å². The van der Waals surface area contributed by atoms with Crippen molar-refractivity contribution in [1.29, 1.82) is 0 Å². The highest BCUT2D eigenvalue weighted by atomic mass is 16.3. The molecule has 1 fully saturated rings. The molecule has 1 aliphatic heterocycles. The smallest absolute Gasteiger partial charge is 0.0957 e. The maximum Gasteiger partial charge on any atom is 0.0957 e. The highest BCUT2D eigenvalue weighted by Gasteiger charge is 2.18. The van der Waals surface area contributed by atoms with Crippen molar-refractivity contribution in [2.24, 2.45) is 0 Å². The topological polar surface area (TPSA) is 56.6 Å². The Morgan fingerprint density at radius 3 is 2.94 bits per heavy atom. The van der Waals surface area contributed by atoms with Gasteiger partial charge in [0, 0.05) is 13.1 Å². The molecule has 2 N–H and O–H groups in total. The number of β-amino-alcohol motifs (C(OH)–C–C–N with tert-alkyl or cyclic N) is 1. The number of hydrogen-bond donors (Lipinski definition) is 2. The molecule has 1 saturated heterocycles. The van der Waals surface area contributed by atoms with Crippen LogP contribution < -0.4 is 4.90 Å². The van der Waals surface area contributed by atoms with E-state index in [0.29, 0.717) is 18.7 Å². The minimum Gasteiger partial charge on any atom is -0.391 e.